The molecule has 0 aliphatic heterocycles. The van der Waals surface area contributed by atoms with Crippen molar-refractivity contribution >= 4 is 11.8 Å². The normalized spacial score (nSPS) is 11.5. The van der Waals surface area contributed by atoms with E-state index in [1.807, 2.05) is 42.5 Å². The highest BCUT2D eigenvalue weighted by Gasteiger charge is 2.26. The summed E-state index contributed by atoms with van der Waals surface area (Å²) in [6.07, 6.45) is 1.84. The number of aromatic nitrogens is 1. The molecule has 1 aromatic heterocycles. The highest BCUT2D eigenvalue weighted by atomic mass is 19.1. The molecule has 1 N–H and O–H groups in total. The van der Waals surface area contributed by atoms with Gasteiger partial charge in [-0.2, -0.15) is 0 Å². The van der Waals surface area contributed by atoms with E-state index in [4.69, 9.17) is 0 Å². The van der Waals surface area contributed by atoms with E-state index in [0.717, 1.165) is 16.8 Å². The third kappa shape index (κ3) is 5.98. The number of hydrogen-bond donors (Lipinski definition) is 1. The summed E-state index contributed by atoms with van der Waals surface area (Å²) < 4.78 is 13.3. The summed E-state index contributed by atoms with van der Waals surface area (Å²) in [6, 6.07) is 20.1. The van der Waals surface area contributed by atoms with Crippen LogP contribution in [-0.4, -0.2) is 27.7 Å². The zero-order chi connectivity index (χ0) is 21.3. The quantitative estimate of drug-likeness (QED) is 0.624. The summed E-state index contributed by atoms with van der Waals surface area (Å²) in [4.78, 5) is 31.5. The first-order valence-corrected chi connectivity index (χ1v) is 9.78. The van der Waals surface area contributed by atoms with Crippen LogP contribution >= 0.6 is 0 Å². The Bertz CT molecular complexity index is 963. The van der Waals surface area contributed by atoms with Crippen molar-refractivity contribution in [1.82, 2.24) is 15.2 Å². The second-order valence-corrected chi connectivity index (χ2v) is 7.03. The van der Waals surface area contributed by atoms with Gasteiger partial charge >= 0.3 is 0 Å². The number of rotatable bonds is 8. The fourth-order valence-electron chi connectivity index (χ4n) is 3.07. The molecule has 2 amide bonds. The van der Waals surface area contributed by atoms with Crippen molar-refractivity contribution in [3.63, 3.8) is 0 Å². The molecule has 3 rings (SSSR count). The van der Waals surface area contributed by atoms with Crippen LogP contribution in [0.25, 0.3) is 0 Å². The van der Waals surface area contributed by atoms with Crippen LogP contribution in [0.2, 0.25) is 0 Å². The van der Waals surface area contributed by atoms with Crippen molar-refractivity contribution in [3.8, 4) is 0 Å². The maximum absolute atomic E-state index is 13.3. The molecule has 0 aliphatic rings. The summed E-state index contributed by atoms with van der Waals surface area (Å²) >= 11 is 0. The average molecular weight is 405 g/mol. The Morgan fingerprint density at radius 1 is 0.967 bits per heavy atom. The Morgan fingerprint density at radius 3 is 2.33 bits per heavy atom. The van der Waals surface area contributed by atoms with E-state index in [0.29, 0.717) is 0 Å². The van der Waals surface area contributed by atoms with Gasteiger partial charge in [-0.3, -0.25) is 14.6 Å². The summed E-state index contributed by atoms with van der Waals surface area (Å²) in [6.45, 7) is 2.19. The lowest BCUT2D eigenvalue weighted by atomic mass is 10.1. The van der Waals surface area contributed by atoms with Gasteiger partial charge < -0.3 is 10.2 Å². The molecule has 3 aromatic rings. The SMILES string of the molecule is C[C@H](C(=O)NCc1ccccn1)N(Cc1ccc(F)cc1)C(=O)Cc1ccccc1. The number of pyridine rings is 1. The standard InChI is InChI=1S/C24H24FN3O2/c1-18(24(30)27-16-22-9-5-6-14-26-22)28(17-20-10-12-21(25)13-11-20)23(29)15-19-7-3-2-4-8-19/h2-14,18H,15-17H2,1H3,(H,27,30)/t18-/m1/s1. The molecule has 1 atom stereocenters. The summed E-state index contributed by atoms with van der Waals surface area (Å²) in [5, 5.41) is 2.84. The zero-order valence-corrected chi connectivity index (χ0v) is 16.8. The Morgan fingerprint density at radius 2 is 1.67 bits per heavy atom. The molecule has 0 saturated heterocycles. The first kappa shape index (κ1) is 21.2. The number of halogens is 1. The molecule has 2 aromatic carbocycles. The lowest BCUT2D eigenvalue weighted by Gasteiger charge is -2.29. The molecule has 0 fully saturated rings. The van der Waals surface area contributed by atoms with E-state index in [1.54, 1.807) is 31.3 Å². The molecule has 5 nitrogen and oxygen atoms in total. The molecule has 0 bridgehead atoms. The maximum Gasteiger partial charge on any atom is 0.242 e. The third-order valence-corrected chi connectivity index (χ3v) is 4.80. The van der Waals surface area contributed by atoms with Crippen LogP contribution in [0.1, 0.15) is 23.7 Å². The maximum atomic E-state index is 13.3. The van der Waals surface area contributed by atoms with Crippen LogP contribution in [-0.2, 0) is 29.1 Å². The van der Waals surface area contributed by atoms with Gasteiger partial charge in [-0.15, -0.1) is 0 Å². The van der Waals surface area contributed by atoms with Crippen LogP contribution in [0.5, 0.6) is 0 Å². The monoisotopic (exact) mass is 405 g/mol. The average Bonchev–Trinajstić information content (AvgIpc) is 2.78. The third-order valence-electron chi connectivity index (χ3n) is 4.80. The molecule has 0 aliphatic carbocycles. The molecule has 0 saturated carbocycles. The minimum Gasteiger partial charge on any atom is -0.349 e. The minimum atomic E-state index is -0.699. The van der Waals surface area contributed by atoms with Gasteiger partial charge in [-0.1, -0.05) is 48.5 Å². The van der Waals surface area contributed by atoms with E-state index < -0.39 is 6.04 Å². The van der Waals surface area contributed by atoms with Crippen molar-refractivity contribution < 1.29 is 14.0 Å². The predicted molar refractivity (Wildman–Crippen MR) is 113 cm³/mol. The van der Waals surface area contributed by atoms with E-state index in [9.17, 15) is 14.0 Å². The number of carbonyl (C=O) groups excluding carboxylic acids is 2. The highest BCUT2D eigenvalue weighted by molar-refractivity contribution is 5.88. The fraction of sp³-hybridized carbons (Fsp3) is 0.208. The molecular formula is C24H24FN3O2. The lowest BCUT2D eigenvalue weighted by molar-refractivity contribution is -0.140. The van der Waals surface area contributed by atoms with Gasteiger partial charge in [0.2, 0.25) is 11.8 Å². The van der Waals surface area contributed by atoms with E-state index in [-0.39, 0.29) is 37.1 Å². The molecule has 1 heterocycles. The molecule has 6 heteroatoms. The Hall–Kier alpha value is -3.54. The lowest BCUT2D eigenvalue weighted by Crippen LogP contribution is -2.48. The predicted octanol–water partition coefficient (Wildman–Crippen LogP) is 3.50. The number of amides is 2. The van der Waals surface area contributed by atoms with Crippen LogP contribution in [0.4, 0.5) is 4.39 Å². The van der Waals surface area contributed by atoms with Gasteiger partial charge in [-0.25, -0.2) is 4.39 Å². The van der Waals surface area contributed by atoms with E-state index in [1.165, 1.54) is 17.0 Å². The van der Waals surface area contributed by atoms with Crippen molar-refractivity contribution in [2.24, 2.45) is 0 Å². The highest BCUT2D eigenvalue weighted by Crippen LogP contribution is 2.13. The van der Waals surface area contributed by atoms with Gasteiger partial charge in [0.1, 0.15) is 11.9 Å². The minimum absolute atomic E-state index is 0.175. The Balaban J connectivity index is 1.73. The Kier molecular flexibility index (Phi) is 7.27. The molecule has 0 unspecified atom stereocenters. The van der Waals surface area contributed by atoms with E-state index in [2.05, 4.69) is 10.3 Å². The van der Waals surface area contributed by atoms with Crippen molar-refractivity contribution in [1.29, 1.82) is 0 Å². The zero-order valence-electron chi connectivity index (χ0n) is 16.8. The van der Waals surface area contributed by atoms with Crippen LogP contribution in [0.15, 0.2) is 79.0 Å². The van der Waals surface area contributed by atoms with Gasteiger partial charge in [0.25, 0.3) is 0 Å². The summed E-state index contributed by atoms with van der Waals surface area (Å²) in [5.41, 5.74) is 2.36. The van der Waals surface area contributed by atoms with Crippen LogP contribution in [0.3, 0.4) is 0 Å². The number of nitrogens with one attached hydrogen (secondary N) is 1. The molecular weight excluding hydrogens is 381 g/mol. The molecule has 0 spiro atoms. The number of hydrogen-bond acceptors (Lipinski definition) is 3. The van der Waals surface area contributed by atoms with Crippen molar-refractivity contribution in [3.05, 3.63) is 102 Å². The molecule has 30 heavy (non-hydrogen) atoms. The van der Waals surface area contributed by atoms with Crippen molar-refractivity contribution in [2.45, 2.75) is 32.5 Å². The van der Waals surface area contributed by atoms with E-state index >= 15 is 0 Å². The summed E-state index contributed by atoms with van der Waals surface area (Å²) in [7, 11) is 0. The fourth-order valence-corrected chi connectivity index (χ4v) is 3.07. The summed E-state index contributed by atoms with van der Waals surface area (Å²) in [5.74, 6) is -0.794. The largest absolute Gasteiger partial charge is 0.349 e. The first-order chi connectivity index (χ1) is 14.5. The second-order valence-electron chi connectivity index (χ2n) is 7.03. The van der Waals surface area contributed by atoms with Crippen LogP contribution in [0, 0.1) is 5.82 Å². The number of benzene rings is 2. The Labute approximate surface area is 175 Å². The number of nitrogens with zero attached hydrogens (tertiary/aromatic N) is 2. The van der Waals surface area contributed by atoms with Gasteiger partial charge in [-0.05, 0) is 42.3 Å². The molecule has 154 valence electrons. The first-order valence-electron chi connectivity index (χ1n) is 9.78. The van der Waals surface area contributed by atoms with Gasteiger partial charge in [0.15, 0.2) is 0 Å². The second kappa shape index (κ2) is 10.3. The topological polar surface area (TPSA) is 62.3 Å². The van der Waals surface area contributed by atoms with Gasteiger partial charge in [0, 0.05) is 12.7 Å². The van der Waals surface area contributed by atoms with Gasteiger partial charge in [0.05, 0.1) is 18.7 Å². The number of carbonyl (C=O) groups is 2. The van der Waals surface area contributed by atoms with Crippen molar-refractivity contribution in [2.75, 3.05) is 0 Å². The smallest absolute Gasteiger partial charge is 0.242 e. The molecule has 0 radical (unpaired) electrons. The van der Waals surface area contributed by atoms with Crippen LogP contribution < -0.4 is 5.32 Å².